The topological polar surface area (TPSA) is 84.4 Å². The van der Waals surface area contributed by atoms with Gasteiger partial charge in [0, 0.05) is 13.1 Å². The van der Waals surface area contributed by atoms with E-state index < -0.39 is 10.0 Å². The van der Waals surface area contributed by atoms with Crippen molar-refractivity contribution >= 4 is 21.7 Å². The van der Waals surface area contributed by atoms with Crippen LogP contribution in [-0.2, 0) is 10.0 Å². The Balaban J connectivity index is 2.28. The highest BCUT2D eigenvalue weighted by Gasteiger charge is 2.20. The molecule has 0 fully saturated rings. The molecule has 0 radical (unpaired) electrons. The van der Waals surface area contributed by atoms with Gasteiger partial charge in [-0.05, 0) is 50.6 Å². The van der Waals surface area contributed by atoms with E-state index in [1.165, 1.54) is 7.11 Å². The maximum absolute atomic E-state index is 12.6. The average molecular weight is 350 g/mol. The van der Waals surface area contributed by atoms with E-state index in [9.17, 15) is 8.42 Å². The smallest absolute Gasteiger partial charge is 0.266 e. The summed E-state index contributed by atoms with van der Waals surface area (Å²) in [4.78, 5) is 2.09. The minimum atomic E-state index is -3.81. The second-order valence-corrected chi connectivity index (χ2v) is 6.86. The van der Waals surface area contributed by atoms with E-state index in [1.54, 1.807) is 30.3 Å². The lowest BCUT2D eigenvalue weighted by molar-refractivity contribution is 0.402. The zero-order chi connectivity index (χ0) is 17.7. The van der Waals surface area contributed by atoms with E-state index in [-0.39, 0.29) is 16.5 Å². The number of hydrogen-bond donors (Lipinski definition) is 1. The van der Waals surface area contributed by atoms with Gasteiger partial charge >= 0.3 is 0 Å². The molecule has 1 aromatic carbocycles. The second kappa shape index (κ2) is 7.48. The number of methoxy groups -OCH3 is 1. The van der Waals surface area contributed by atoms with Crippen molar-refractivity contribution in [2.45, 2.75) is 25.7 Å². The maximum atomic E-state index is 12.6. The molecule has 2 aromatic rings. The van der Waals surface area contributed by atoms with Gasteiger partial charge in [-0.2, -0.15) is 0 Å². The summed E-state index contributed by atoms with van der Waals surface area (Å²) in [6.45, 7) is 7.46. The first-order valence-electron chi connectivity index (χ1n) is 7.67. The van der Waals surface area contributed by atoms with Crippen LogP contribution in [0.25, 0.3) is 0 Å². The van der Waals surface area contributed by atoms with Crippen LogP contribution in [0.3, 0.4) is 0 Å². The van der Waals surface area contributed by atoms with Gasteiger partial charge < -0.3 is 9.64 Å². The first-order valence-corrected chi connectivity index (χ1v) is 9.15. The third-order valence-corrected chi connectivity index (χ3v) is 4.96. The molecule has 0 aliphatic heterocycles. The van der Waals surface area contributed by atoms with Gasteiger partial charge in [-0.1, -0.05) is 6.07 Å². The van der Waals surface area contributed by atoms with Gasteiger partial charge in [0.15, 0.2) is 11.6 Å². The Morgan fingerprint density at radius 1 is 1.12 bits per heavy atom. The Morgan fingerprint density at radius 3 is 2.38 bits per heavy atom. The summed E-state index contributed by atoms with van der Waals surface area (Å²) in [5, 5.41) is 8.04. The van der Waals surface area contributed by atoms with Crippen molar-refractivity contribution in [2.75, 3.05) is 29.8 Å². The highest BCUT2D eigenvalue weighted by Crippen LogP contribution is 2.26. The molecule has 1 aromatic heterocycles. The highest BCUT2D eigenvalue weighted by atomic mass is 32.2. The van der Waals surface area contributed by atoms with Crippen LogP contribution < -0.4 is 14.4 Å². The summed E-state index contributed by atoms with van der Waals surface area (Å²) < 4.78 is 32.8. The SMILES string of the molecule is CCN(CC)c1ccc(NS(=O)(=O)c2cc(C)ccc2OC)nn1. The largest absolute Gasteiger partial charge is 0.495 e. The molecular weight excluding hydrogens is 328 g/mol. The predicted octanol–water partition coefficient (Wildman–Crippen LogP) is 2.44. The molecule has 0 saturated carbocycles. The van der Waals surface area contributed by atoms with Crippen LogP contribution in [-0.4, -0.2) is 38.8 Å². The molecule has 0 amide bonds. The molecule has 7 nitrogen and oxygen atoms in total. The molecule has 1 N–H and O–H groups in total. The van der Waals surface area contributed by atoms with E-state index >= 15 is 0 Å². The van der Waals surface area contributed by atoms with Crippen molar-refractivity contribution in [2.24, 2.45) is 0 Å². The number of nitrogens with zero attached hydrogens (tertiary/aromatic N) is 3. The van der Waals surface area contributed by atoms with Crippen molar-refractivity contribution in [3.05, 3.63) is 35.9 Å². The van der Waals surface area contributed by atoms with Gasteiger partial charge in [-0.25, -0.2) is 8.42 Å². The minimum absolute atomic E-state index is 0.0691. The standard InChI is InChI=1S/C16H22N4O3S/c1-5-20(6-2)16-10-9-15(17-18-16)19-24(21,22)14-11-12(3)7-8-13(14)23-4/h7-11H,5-6H2,1-4H3,(H,17,19). The van der Waals surface area contributed by atoms with Crippen LogP contribution in [0.4, 0.5) is 11.6 Å². The van der Waals surface area contributed by atoms with Gasteiger partial charge in [0.05, 0.1) is 7.11 Å². The molecule has 0 aliphatic rings. The maximum Gasteiger partial charge on any atom is 0.266 e. The summed E-state index contributed by atoms with van der Waals surface area (Å²) in [6, 6.07) is 8.31. The van der Waals surface area contributed by atoms with Crippen LogP contribution in [0.15, 0.2) is 35.2 Å². The molecule has 0 spiro atoms. The Hall–Kier alpha value is -2.35. The quantitative estimate of drug-likeness (QED) is 0.826. The number of hydrogen-bond acceptors (Lipinski definition) is 6. The molecule has 8 heteroatoms. The molecule has 0 bridgehead atoms. The van der Waals surface area contributed by atoms with Crippen LogP contribution in [0.5, 0.6) is 5.75 Å². The first kappa shape index (κ1) is 18.0. The monoisotopic (exact) mass is 350 g/mol. The number of rotatable bonds is 7. The Morgan fingerprint density at radius 2 is 1.83 bits per heavy atom. The predicted molar refractivity (Wildman–Crippen MR) is 94.1 cm³/mol. The minimum Gasteiger partial charge on any atom is -0.495 e. The third kappa shape index (κ3) is 3.94. The summed E-state index contributed by atoms with van der Waals surface area (Å²) in [5.41, 5.74) is 0.819. The summed E-state index contributed by atoms with van der Waals surface area (Å²) in [6.07, 6.45) is 0. The Bertz CT molecular complexity index is 787. The fourth-order valence-corrected chi connectivity index (χ4v) is 3.53. The average Bonchev–Trinajstić information content (AvgIpc) is 2.57. The van der Waals surface area contributed by atoms with Crippen molar-refractivity contribution in [3.8, 4) is 5.75 Å². The molecule has 0 aliphatic carbocycles. The second-order valence-electron chi connectivity index (χ2n) is 5.21. The normalized spacial score (nSPS) is 11.2. The fourth-order valence-electron chi connectivity index (χ4n) is 2.28. The Labute approximate surface area is 142 Å². The molecule has 0 saturated heterocycles. The summed E-state index contributed by atoms with van der Waals surface area (Å²) in [7, 11) is -2.38. The zero-order valence-corrected chi connectivity index (χ0v) is 15.1. The number of anilines is 2. The number of aromatic nitrogens is 2. The van der Waals surface area contributed by atoms with Gasteiger partial charge in [-0.3, -0.25) is 4.72 Å². The number of aryl methyl sites for hydroxylation is 1. The molecule has 130 valence electrons. The number of sulfonamides is 1. The van der Waals surface area contributed by atoms with E-state index in [0.717, 1.165) is 18.7 Å². The number of ether oxygens (including phenoxy) is 1. The molecule has 24 heavy (non-hydrogen) atoms. The molecule has 2 rings (SSSR count). The van der Waals surface area contributed by atoms with E-state index in [4.69, 9.17) is 4.74 Å². The first-order chi connectivity index (χ1) is 11.4. The van der Waals surface area contributed by atoms with Gasteiger partial charge in [0.1, 0.15) is 10.6 Å². The summed E-state index contributed by atoms with van der Waals surface area (Å²) >= 11 is 0. The Kier molecular flexibility index (Phi) is 5.61. The van der Waals surface area contributed by atoms with Gasteiger partial charge in [-0.15, -0.1) is 10.2 Å². The van der Waals surface area contributed by atoms with Crippen LogP contribution >= 0.6 is 0 Å². The van der Waals surface area contributed by atoms with Crippen LogP contribution in [0.2, 0.25) is 0 Å². The fraction of sp³-hybridized carbons (Fsp3) is 0.375. The van der Waals surface area contributed by atoms with Crippen molar-refractivity contribution in [3.63, 3.8) is 0 Å². The van der Waals surface area contributed by atoms with E-state index in [0.29, 0.717) is 5.82 Å². The van der Waals surface area contributed by atoms with Crippen LogP contribution in [0, 0.1) is 6.92 Å². The molecule has 0 unspecified atom stereocenters. The summed E-state index contributed by atoms with van der Waals surface area (Å²) in [5.74, 6) is 1.14. The number of nitrogens with one attached hydrogen (secondary N) is 1. The van der Waals surface area contributed by atoms with E-state index in [1.807, 2.05) is 25.7 Å². The molecule has 1 heterocycles. The lowest BCUT2D eigenvalue weighted by Gasteiger charge is -2.19. The highest BCUT2D eigenvalue weighted by molar-refractivity contribution is 7.92. The molecule has 0 atom stereocenters. The zero-order valence-electron chi connectivity index (χ0n) is 14.3. The lowest BCUT2D eigenvalue weighted by atomic mass is 10.2. The third-order valence-electron chi connectivity index (χ3n) is 3.59. The van der Waals surface area contributed by atoms with Gasteiger partial charge in [0.2, 0.25) is 0 Å². The van der Waals surface area contributed by atoms with Gasteiger partial charge in [0.25, 0.3) is 10.0 Å². The van der Waals surface area contributed by atoms with Crippen LogP contribution in [0.1, 0.15) is 19.4 Å². The lowest BCUT2D eigenvalue weighted by Crippen LogP contribution is -2.23. The van der Waals surface area contributed by atoms with E-state index in [2.05, 4.69) is 14.9 Å². The van der Waals surface area contributed by atoms with Crippen molar-refractivity contribution < 1.29 is 13.2 Å². The van der Waals surface area contributed by atoms with Crippen molar-refractivity contribution in [1.82, 2.24) is 10.2 Å². The number of benzene rings is 1. The molecular formula is C16H22N4O3S. The van der Waals surface area contributed by atoms with Crippen molar-refractivity contribution in [1.29, 1.82) is 0 Å².